The molecule has 0 spiro atoms. The van der Waals surface area contributed by atoms with Gasteiger partial charge in [-0.3, -0.25) is 0 Å². The molecule has 0 radical (unpaired) electrons. The Morgan fingerprint density at radius 3 is 1.58 bits per heavy atom. The molecule has 1 aliphatic carbocycles. The van der Waals surface area contributed by atoms with Gasteiger partial charge in [0.2, 0.25) is 0 Å². The summed E-state index contributed by atoms with van der Waals surface area (Å²) >= 11 is 0. The van der Waals surface area contributed by atoms with Gasteiger partial charge in [0.25, 0.3) is 0 Å². The van der Waals surface area contributed by atoms with Crippen LogP contribution in [0.3, 0.4) is 0 Å². The number of benzene rings is 10. The van der Waals surface area contributed by atoms with Crippen LogP contribution in [-0.4, -0.2) is 4.57 Å². The summed E-state index contributed by atoms with van der Waals surface area (Å²) in [6.07, 6.45) is 0. The molecular weight excluding hydrogens is 787 g/mol. The number of hydrogen-bond donors (Lipinski definition) is 0. The minimum Gasteiger partial charge on any atom is -0.311 e. The van der Waals surface area contributed by atoms with Gasteiger partial charge in [-0.25, -0.2) is 4.85 Å². The van der Waals surface area contributed by atoms with Crippen molar-refractivity contribution in [2.45, 2.75) is 19.3 Å². The molecule has 0 amide bonds. The van der Waals surface area contributed by atoms with E-state index in [4.69, 9.17) is 6.57 Å². The van der Waals surface area contributed by atoms with Crippen molar-refractivity contribution >= 4 is 55.3 Å². The Hall–Kier alpha value is -8.45. The second-order valence-electron chi connectivity index (χ2n) is 17.7. The molecule has 10 aromatic carbocycles. The first-order valence-electron chi connectivity index (χ1n) is 22.3. The first kappa shape index (κ1) is 38.2. The fourth-order valence-electron chi connectivity index (χ4n) is 10.2. The van der Waals surface area contributed by atoms with E-state index >= 15 is 0 Å². The number of rotatable bonds is 7. The third-order valence-corrected chi connectivity index (χ3v) is 13.6. The summed E-state index contributed by atoms with van der Waals surface area (Å²) in [7, 11) is 0. The van der Waals surface area contributed by atoms with Crippen molar-refractivity contribution in [3.63, 3.8) is 0 Å². The Morgan fingerprint density at radius 1 is 0.400 bits per heavy atom. The second-order valence-corrected chi connectivity index (χ2v) is 17.7. The van der Waals surface area contributed by atoms with Gasteiger partial charge in [0.15, 0.2) is 5.69 Å². The maximum Gasteiger partial charge on any atom is 0.187 e. The molecule has 0 unspecified atom stereocenters. The Morgan fingerprint density at radius 2 is 0.892 bits per heavy atom. The molecule has 1 heterocycles. The van der Waals surface area contributed by atoms with Crippen LogP contribution in [0.4, 0.5) is 22.7 Å². The monoisotopic (exact) mass is 829 g/mol. The smallest absolute Gasteiger partial charge is 0.187 e. The van der Waals surface area contributed by atoms with Crippen molar-refractivity contribution in [3.05, 3.63) is 247 Å². The van der Waals surface area contributed by atoms with E-state index in [0.29, 0.717) is 5.69 Å². The lowest BCUT2D eigenvalue weighted by atomic mass is 9.81. The summed E-state index contributed by atoms with van der Waals surface area (Å²) in [6, 6.07) is 81.1. The maximum atomic E-state index is 7.61. The zero-order chi connectivity index (χ0) is 43.6. The van der Waals surface area contributed by atoms with Crippen LogP contribution in [0.5, 0.6) is 0 Å². The zero-order valence-corrected chi connectivity index (χ0v) is 36.2. The number of para-hydroxylation sites is 1. The van der Waals surface area contributed by atoms with Gasteiger partial charge in [0.1, 0.15) is 0 Å². The summed E-state index contributed by atoms with van der Waals surface area (Å²) in [6.45, 7) is 12.3. The second kappa shape index (κ2) is 15.1. The van der Waals surface area contributed by atoms with Crippen molar-refractivity contribution in [1.82, 2.24) is 4.57 Å². The van der Waals surface area contributed by atoms with Gasteiger partial charge in [0, 0.05) is 38.9 Å². The van der Waals surface area contributed by atoms with Gasteiger partial charge in [-0.15, -0.1) is 0 Å². The third-order valence-electron chi connectivity index (χ3n) is 13.6. The number of fused-ring (bicyclic) bond motifs is 7. The predicted molar refractivity (Wildman–Crippen MR) is 273 cm³/mol. The van der Waals surface area contributed by atoms with Crippen LogP contribution < -0.4 is 4.90 Å². The molecule has 11 aromatic rings. The summed E-state index contributed by atoms with van der Waals surface area (Å²) in [5, 5.41) is 4.80. The van der Waals surface area contributed by atoms with Crippen molar-refractivity contribution < 1.29 is 0 Å². The highest BCUT2D eigenvalue weighted by Crippen LogP contribution is 2.50. The highest BCUT2D eigenvalue weighted by molar-refractivity contribution is 6.11. The van der Waals surface area contributed by atoms with Gasteiger partial charge in [-0.1, -0.05) is 153 Å². The van der Waals surface area contributed by atoms with Crippen LogP contribution >= 0.6 is 0 Å². The van der Waals surface area contributed by atoms with Gasteiger partial charge in [0.05, 0.1) is 17.6 Å². The Balaban J connectivity index is 0.911. The molecule has 0 atom stereocenters. The van der Waals surface area contributed by atoms with Gasteiger partial charge in [-0.05, 0) is 151 Å². The maximum absolute atomic E-state index is 7.61. The van der Waals surface area contributed by atoms with Crippen molar-refractivity contribution in [2.75, 3.05) is 4.90 Å². The number of hydrogen-bond acceptors (Lipinski definition) is 1. The predicted octanol–water partition coefficient (Wildman–Crippen LogP) is 17.3. The van der Waals surface area contributed by atoms with E-state index in [2.05, 4.69) is 228 Å². The molecule has 0 N–H and O–H groups in total. The van der Waals surface area contributed by atoms with Gasteiger partial charge < -0.3 is 9.47 Å². The average molecular weight is 830 g/mol. The molecular formula is C62H43N3. The molecule has 12 rings (SSSR count). The van der Waals surface area contributed by atoms with E-state index in [9.17, 15) is 0 Å². The van der Waals surface area contributed by atoms with Crippen LogP contribution in [0, 0.1) is 6.57 Å². The van der Waals surface area contributed by atoms with Crippen molar-refractivity contribution in [1.29, 1.82) is 0 Å². The lowest BCUT2D eigenvalue weighted by Crippen LogP contribution is -2.14. The summed E-state index contributed by atoms with van der Waals surface area (Å²) in [5.41, 5.74) is 19.8. The van der Waals surface area contributed by atoms with E-state index in [-0.39, 0.29) is 5.41 Å². The SMILES string of the molecule is [C-]#[N+]c1ccc(N(c2ccc(-c3ccc4c(c3)c3cc(-c5ccccc5)ccc3n4-c3ccccc3)cc2)c2ccc3cc(-c4ccc5c(c4)C(C)(C)c4ccccc4-5)ccc3c2)cc1. The minimum atomic E-state index is -0.0483. The van der Waals surface area contributed by atoms with E-state index in [0.717, 1.165) is 39.3 Å². The molecule has 0 bridgehead atoms. The zero-order valence-electron chi connectivity index (χ0n) is 36.2. The Bertz CT molecular complexity index is 3670. The van der Waals surface area contributed by atoms with Crippen LogP contribution in [0.25, 0.3) is 87.6 Å². The fourth-order valence-corrected chi connectivity index (χ4v) is 10.2. The quantitative estimate of drug-likeness (QED) is 0.146. The molecule has 0 fully saturated rings. The van der Waals surface area contributed by atoms with E-state index in [1.807, 2.05) is 24.3 Å². The van der Waals surface area contributed by atoms with Crippen molar-refractivity contribution in [2.24, 2.45) is 0 Å². The van der Waals surface area contributed by atoms with Crippen molar-refractivity contribution in [3.8, 4) is 50.2 Å². The van der Waals surface area contributed by atoms with E-state index in [1.165, 1.54) is 71.7 Å². The number of nitrogens with zero attached hydrogens (tertiary/aromatic N) is 3. The van der Waals surface area contributed by atoms with Crippen LogP contribution in [0.1, 0.15) is 25.0 Å². The average Bonchev–Trinajstić information content (AvgIpc) is 3.81. The third kappa shape index (κ3) is 6.42. The van der Waals surface area contributed by atoms with E-state index < -0.39 is 0 Å². The summed E-state index contributed by atoms with van der Waals surface area (Å²) < 4.78 is 2.38. The Labute approximate surface area is 379 Å². The van der Waals surface area contributed by atoms with Crippen LogP contribution in [-0.2, 0) is 5.41 Å². The first-order chi connectivity index (χ1) is 31.9. The molecule has 3 heteroatoms. The highest BCUT2D eigenvalue weighted by Gasteiger charge is 2.35. The lowest BCUT2D eigenvalue weighted by Gasteiger charge is -2.26. The molecule has 65 heavy (non-hydrogen) atoms. The highest BCUT2D eigenvalue weighted by atomic mass is 15.1. The normalized spacial score (nSPS) is 12.6. The number of anilines is 3. The molecule has 0 aliphatic heterocycles. The summed E-state index contributed by atoms with van der Waals surface area (Å²) in [4.78, 5) is 5.97. The lowest BCUT2D eigenvalue weighted by molar-refractivity contribution is 0.660. The number of aromatic nitrogens is 1. The van der Waals surface area contributed by atoms with E-state index in [1.54, 1.807) is 0 Å². The molecule has 0 saturated carbocycles. The van der Waals surface area contributed by atoms with Crippen LogP contribution in [0.15, 0.2) is 224 Å². The van der Waals surface area contributed by atoms with Gasteiger partial charge >= 0.3 is 0 Å². The standard InChI is InChI=1S/C62H43N3/c1-62(2)58-17-11-10-16-54(58)55-33-23-48(40-59(55)62)43-18-19-45-37-53(30-22-44(45)36-43)64(52-31-26-49(63-3)27-32-52)51-28-20-42(21-29-51)47-25-35-61-57(39-47)56-38-46(41-12-6-4-7-13-41)24-34-60(56)65(61)50-14-8-5-9-15-50/h4-40H,1-2H3. The fraction of sp³-hybridized carbons (Fsp3) is 0.0484. The van der Waals surface area contributed by atoms with Gasteiger partial charge in [-0.2, -0.15) is 0 Å². The topological polar surface area (TPSA) is 12.5 Å². The van der Waals surface area contributed by atoms with Crippen LogP contribution in [0.2, 0.25) is 0 Å². The largest absolute Gasteiger partial charge is 0.311 e. The molecule has 3 nitrogen and oxygen atoms in total. The minimum absolute atomic E-state index is 0.0483. The Kier molecular flexibility index (Phi) is 8.90. The molecule has 1 aliphatic rings. The molecule has 306 valence electrons. The first-order valence-corrected chi connectivity index (χ1v) is 22.3. The molecule has 0 saturated heterocycles. The molecule has 1 aromatic heterocycles. The summed E-state index contributed by atoms with van der Waals surface area (Å²) in [5.74, 6) is 0.